The normalized spacial score (nSPS) is 11.5. The van der Waals surface area contributed by atoms with E-state index in [2.05, 4.69) is 15.0 Å². The van der Waals surface area contributed by atoms with E-state index in [0.717, 1.165) is 16.6 Å². The fourth-order valence-corrected chi connectivity index (χ4v) is 2.85. The number of nitrogen functional groups attached to an aromatic ring is 1. The van der Waals surface area contributed by atoms with Crippen LogP contribution in [0, 0.1) is 0 Å². The number of nitrogens with two attached hydrogens (primary N) is 1. The third-order valence-electron chi connectivity index (χ3n) is 4.05. The van der Waals surface area contributed by atoms with Gasteiger partial charge in [0.15, 0.2) is 11.5 Å². The third kappa shape index (κ3) is 2.69. The Morgan fingerprint density at radius 1 is 0.923 bits per heavy atom. The monoisotopic (exact) mass is 347 g/mol. The number of fused-ring (bicyclic) bond motifs is 3. The van der Waals surface area contributed by atoms with Crippen LogP contribution in [0.2, 0.25) is 0 Å². The van der Waals surface area contributed by atoms with Crippen LogP contribution < -0.4 is 15.2 Å². The van der Waals surface area contributed by atoms with Gasteiger partial charge >= 0.3 is 0 Å². The summed E-state index contributed by atoms with van der Waals surface area (Å²) in [4.78, 5) is 13.1. The first-order chi connectivity index (χ1) is 12.7. The molecule has 2 aromatic heterocycles. The lowest BCUT2D eigenvalue weighted by Crippen LogP contribution is -2.03. The fraction of sp³-hybridized carbons (Fsp3) is 0.105. The summed E-state index contributed by atoms with van der Waals surface area (Å²) < 4.78 is 12.5. The number of para-hydroxylation sites is 2. The number of anilines is 1. The summed E-state index contributed by atoms with van der Waals surface area (Å²) in [7, 11) is 3.22. The highest BCUT2D eigenvalue weighted by molar-refractivity contribution is 5.81. The average molecular weight is 347 g/mol. The van der Waals surface area contributed by atoms with Gasteiger partial charge in [-0.1, -0.05) is 24.3 Å². The Bertz CT molecular complexity index is 1130. The molecule has 0 amide bonds. The van der Waals surface area contributed by atoms with Crippen molar-refractivity contribution < 1.29 is 9.47 Å². The zero-order valence-corrected chi connectivity index (χ0v) is 14.4. The molecule has 0 unspecified atom stereocenters. The van der Waals surface area contributed by atoms with Gasteiger partial charge in [0.1, 0.15) is 5.82 Å². The second-order valence-electron chi connectivity index (χ2n) is 5.62. The van der Waals surface area contributed by atoms with Gasteiger partial charge in [-0.2, -0.15) is 9.97 Å². The van der Waals surface area contributed by atoms with Crippen molar-refractivity contribution in [3.05, 3.63) is 53.9 Å². The largest absolute Gasteiger partial charge is 0.493 e. The minimum absolute atomic E-state index is 0.180. The Labute approximate surface area is 149 Å². The standard InChI is InChI=1S/C19H17N5O2/c1-25-15-9-7-12(11-16(15)26-2)8-10-17-22-18(20)23-19-21-13-5-3-4-6-14(13)24(17)19/h3-11H,1-2H3,(H2,20,21,23)/b10-8+. The molecule has 7 heteroatoms. The Kier molecular flexibility index (Phi) is 3.89. The van der Waals surface area contributed by atoms with E-state index in [-0.39, 0.29) is 5.95 Å². The maximum Gasteiger partial charge on any atom is 0.239 e. The predicted molar refractivity (Wildman–Crippen MR) is 101 cm³/mol. The van der Waals surface area contributed by atoms with Gasteiger partial charge in [0.05, 0.1) is 25.3 Å². The second kappa shape index (κ2) is 6.36. The van der Waals surface area contributed by atoms with Gasteiger partial charge in [0, 0.05) is 0 Å². The van der Waals surface area contributed by atoms with Gasteiger partial charge in [-0.05, 0) is 35.9 Å². The van der Waals surface area contributed by atoms with Gasteiger partial charge in [-0.3, -0.25) is 4.40 Å². The highest BCUT2D eigenvalue weighted by atomic mass is 16.5. The molecule has 0 bridgehead atoms. The molecule has 26 heavy (non-hydrogen) atoms. The van der Waals surface area contributed by atoms with Crippen LogP contribution in [0.1, 0.15) is 11.4 Å². The van der Waals surface area contributed by atoms with E-state index < -0.39 is 0 Å². The number of hydrogen-bond donors (Lipinski definition) is 1. The molecule has 4 rings (SSSR count). The van der Waals surface area contributed by atoms with Gasteiger partial charge in [0.2, 0.25) is 11.7 Å². The van der Waals surface area contributed by atoms with Crippen molar-refractivity contribution in [2.45, 2.75) is 0 Å². The fourth-order valence-electron chi connectivity index (χ4n) is 2.85. The molecular weight excluding hydrogens is 330 g/mol. The molecule has 4 aromatic rings. The molecule has 2 N–H and O–H groups in total. The number of methoxy groups -OCH3 is 2. The molecule has 2 heterocycles. The molecule has 0 aliphatic heterocycles. The average Bonchev–Trinajstić information content (AvgIpc) is 3.03. The zero-order chi connectivity index (χ0) is 18.1. The number of rotatable bonds is 4. The van der Waals surface area contributed by atoms with Crippen molar-refractivity contribution in [3.63, 3.8) is 0 Å². The van der Waals surface area contributed by atoms with E-state index in [4.69, 9.17) is 15.2 Å². The smallest absolute Gasteiger partial charge is 0.239 e. The number of imidazole rings is 1. The van der Waals surface area contributed by atoms with E-state index in [0.29, 0.717) is 23.1 Å². The molecule has 0 saturated carbocycles. The van der Waals surface area contributed by atoms with Crippen LogP contribution in [0.15, 0.2) is 42.5 Å². The third-order valence-corrected chi connectivity index (χ3v) is 4.05. The Balaban J connectivity index is 1.83. The predicted octanol–water partition coefficient (Wildman–Crippen LogP) is 3.05. The zero-order valence-electron chi connectivity index (χ0n) is 14.4. The highest BCUT2D eigenvalue weighted by Crippen LogP contribution is 2.28. The number of nitrogens with zero attached hydrogens (tertiary/aromatic N) is 4. The van der Waals surface area contributed by atoms with Crippen molar-refractivity contribution in [2.75, 3.05) is 20.0 Å². The van der Waals surface area contributed by atoms with Crippen molar-refractivity contribution in [1.82, 2.24) is 19.4 Å². The lowest BCUT2D eigenvalue weighted by atomic mass is 10.2. The minimum Gasteiger partial charge on any atom is -0.493 e. The summed E-state index contributed by atoms with van der Waals surface area (Å²) in [5.74, 6) is 2.69. The van der Waals surface area contributed by atoms with Gasteiger partial charge in [-0.25, -0.2) is 4.98 Å². The Hall–Kier alpha value is -3.61. The summed E-state index contributed by atoms with van der Waals surface area (Å²) in [6.45, 7) is 0. The van der Waals surface area contributed by atoms with Gasteiger partial charge in [0.25, 0.3) is 0 Å². The lowest BCUT2D eigenvalue weighted by Gasteiger charge is -2.07. The maximum atomic E-state index is 5.85. The minimum atomic E-state index is 0.180. The summed E-state index contributed by atoms with van der Waals surface area (Å²) in [6, 6.07) is 13.5. The molecule has 0 aliphatic rings. The van der Waals surface area contributed by atoms with Gasteiger partial charge < -0.3 is 15.2 Å². The second-order valence-corrected chi connectivity index (χ2v) is 5.62. The number of ether oxygens (including phenoxy) is 2. The first-order valence-corrected chi connectivity index (χ1v) is 8.00. The molecule has 0 aliphatic carbocycles. The Morgan fingerprint density at radius 3 is 2.54 bits per heavy atom. The Morgan fingerprint density at radius 2 is 1.73 bits per heavy atom. The lowest BCUT2D eigenvalue weighted by molar-refractivity contribution is 0.355. The van der Waals surface area contributed by atoms with Gasteiger partial charge in [-0.15, -0.1) is 0 Å². The summed E-state index contributed by atoms with van der Waals surface area (Å²) in [5, 5.41) is 0. The molecule has 7 nitrogen and oxygen atoms in total. The summed E-state index contributed by atoms with van der Waals surface area (Å²) >= 11 is 0. The van der Waals surface area contributed by atoms with Crippen molar-refractivity contribution in [3.8, 4) is 11.5 Å². The van der Waals surface area contributed by atoms with Crippen LogP contribution in [0.3, 0.4) is 0 Å². The van der Waals surface area contributed by atoms with Crippen LogP contribution >= 0.6 is 0 Å². The SMILES string of the molecule is COc1ccc(/C=C/c2nc(N)nc3nc4ccccc4n23)cc1OC. The summed E-state index contributed by atoms with van der Waals surface area (Å²) in [6.07, 6.45) is 3.80. The van der Waals surface area contributed by atoms with Crippen LogP contribution in [0.5, 0.6) is 11.5 Å². The first-order valence-electron chi connectivity index (χ1n) is 8.00. The van der Waals surface area contributed by atoms with E-state index >= 15 is 0 Å². The summed E-state index contributed by atoms with van der Waals surface area (Å²) in [5.41, 5.74) is 8.56. The van der Waals surface area contributed by atoms with E-state index in [1.807, 2.05) is 59.0 Å². The first kappa shape index (κ1) is 15.9. The molecule has 2 aromatic carbocycles. The van der Waals surface area contributed by atoms with Crippen molar-refractivity contribution in [1.29, 1.82) is 0 Å². The molecule has 0 radical (unpaired) electrons. The topological polar surface area (TPSA) is 87.6 Å². The number of hydrogen-bond acceptors (Lipinski definition) is 6. The van der Waals surface area contributed by atoms with E-state index in [1.54, 1.807) is 14.2 Å². The van der Waals surface area contributed by atoms with E-state index in [1.165, 1.54) is 0 Å². The maximum absolute atomic E-state index is 5.85. The molecule has 0 atom stereocenters. The van der Waals surface area contributed by atoms with Crippen LogP contribution in [-0.2, 0) is 0 Å². The molecule has 130 valence electrons. The van der Waals surface area contributed by atoms with Crippen molar-refractivity contribution >= 4 is 34.9 Å². The number of aromatic nitrogens is 4. The van der Waals surface area contributed by atoms with Crippen LogP contribution in [-0.4, -0.2) is 33.6 Å². The van der Waals surface area contributed by atoms with Crippen LogP contribution in [0.4, 0.5) is 5.95 Å². The molecule has 0 saturated heterocycles. The number of benzene rings is 2. The quantitative estimate of drug-likeness (QED) is 0.610. The highest BCUT2D eigenvalue weighted by Gasteiger charge is 2.10. The molecule has 0 spiro atoms. The van der Waals surface area contributed by atoms with Crippen LogP contribution in [0.25, 0.3) is 29.0 Å². The molecular formula is C19H17N5O2. The van der Waals surface area contributed by atoms with Crippen molar-refractivity contribution in [2.24, 2.45) is 0 Å². The van der Waals surface area contributed by atoms with E-state index in [9.17, 15) is 0 Å². The molecule has 0 fully saturated rings.